The molecular weight excluding hydrogens is 246 g/mol. The third-order valence-corrected chi connectivity index (χ3v) is 3.86. The predicted octanol–water partition coefficient (Wildman–Crippen LogP) is 2.64. The molecule has 1 unspecified atom stereocenters. The first kappa shape index (κ1) is 12.7. The standard InChI is InChI=1S/C13H17N3OS/c1-3-16-8-10(14)7-11(16)13(17)15-9(2)12-5-4-6-18-12/h4-9H,3,14H2,1-2H3,(H,15,17). The maximum atomic E-state index is 12.2. The highest BCUT2D eigenvalue weighted by Crippen LogP contribution is 2.19. The topological polar surface area (TPSA) is 60.0 Å². The lowest BCUT2D eigenvalue weighted by Crippen LogP contribution is -2.28. The zero-order valence-corrected chi connectivity index (χ0v) is 11.3. The maximum absolute atomic E-state index is 12.2. The summed E-state index contributed by atoms with van der Waals surface area (Å²) in [5, 5.41) is 4.99. The van der Waals surface area contributed by atoms with E-state index in [-0.39, 0.29) is 11.9 Å². The summed E-state index contributed by atoms with van der Waals surface area (Å²) in [5.41, 5.74) is 6.95. The van der Waals surface area contributed by atoms with Crippen LogP contribution in [0.2, 0.25) is 0 Å². The van der Waals surface area contributed by atoms with E-state index in [0.717, 1.165) is 11.4 Å². The zero-order chi connectivity index (χ0) is 13.1. The second-order valence-electron chi connectivity index (χ2n) is 4.16. The van der Waals surface area contributed by atoms with Crippen molar-refractivity contribution in [3.63, 3.8) is 0 Å². The fraction of sp³-hybridized carbons (Fsp3) is 0.308. The summed E-state index contributed by atoms with van der Waals surface area (Å²) in [6, 6.07) is 5.72. The van der Waals surface area contributed by atoms with E-state index in [1.807, 2.05) is 35.9 Å². The Kier molecular flexibility index (Phi) is 3.72. The molecule has 5 heteroatoms. The lowest BCUT2D eigenvalue weighted by Gasteiger charge is -2.13. The number of hydrogen-bond donors (Lipinski definition) is 2. The van der Waals surface area contributed by atoms with Gasteiger partial charge in [-0.3, -0.25) is 4.79 Å². The van der Waals surface area contributed by atoms with Crippen molar-refractivity contribution in [2.75, 3.05) is 5.73 Å². The molecule has 0 aliphatic carbocycles. The summed E-state index contributed by atoms with van der Waals surface area (Å²) in [6.45, 7) is 4.69. The predicted molar refractivity (Wildman–Crippen MR) is 74.7 cm³/mol. The van der Waals surface area contributed by atoms with Gasteiger partial charge in [-0.2, -0.15) is 0 Å². The minimum atomic E-state index is -0.0885. The van der Waals surface area contributed by atoms with Crippen LogP contribution >= 0.6 is 11.3 Å². The summed E-state index contributed by atoms with van der Waals surface area (Å²) >= 11 is 1.64. The largest absolute Gasteiger partial charge is 0.397 e. The van der Waals surface area contributed by atoms with Gasteiger partial charge in [0.1, 0.15) is 5.69 Å². The average Bonchev–Trinajstić information content (AvgIpc) is 2.96. The molecule has 0 fully saturated rings. The van der Waals surface area contributed by atoms with Gasteiger partial charge in [-0.15, -0.1) is 11.3 Å². The Hall–Kier alpha value is -1.75. The van der Waals surface area contributed by atoms with Crippen LogP contribution in [0.15, 0.2) is 29.8 Å². The normalized spacial score (nSPS) is 12.3. The van der Waals surface area contributed by atoms with E-state index in [2.05, 4.69) is 5.32 Å². The first-order valence-electron chi connectivity index (χ1n) is 5.91. The monoisotopic (exact) mass is 263 g/mol. The third kappa shape index (κ3) is 2.56. The Labute approximate surface area is 110 Å². The van der Waals surface area contributed by atoms with Crippen molar-refractivity contribution in [2.24, 2.45) is 0 Å². The van der Waals surface area contributed by atoms with Crippen LogP contribution in [0.25, 0.3) is 0 Å². The summed E-state index contributed by atoms with van der Waals surface area (Å²) in [6.07, 6.45) is 1.78. The number of nitrogens with two attached hydrogens (primary N) is 1. The number of nitrogen functional groups attached to an aromatic ring is 1. The van der Waals surface area contributed by atoms with Crippen molar-refractivity contribution < 1.29 is 4.79 Å². The van der Waals surface area contributed by atoms with E-state index in [1.54, 1.807) is 23.6 Å². The van der Waals surface area contributed by atoms with Crippen molar-refractivity contribution in [2.45, 2.75) is 26.4 Å². The van der Waals surface area contributed by atoms with Crippen molar-refractivity contribution in [3.05, 3.63) is 40.3 Å². The Morgan fingerprint density at radius 2 is 2.39 bits per heavy atom. The molecule has 0 bridgehead atoms. The molecule has 2 aromatic rings. The molecule has 0 saturated heterocycles. The van der Waals surface area contributed by atoms with Gasteiger partial charge in [-0.25, -0.2) is 0 Å². The molecule has 96 valence electrons. The molecule has 0 spiro atoms. The molecule has 4 nitrogen and oxygen atoms in total. The van der Waals surface area contributed by atoms with E-state index < -0.39 is 0 Å². The van der Waals surface area contributed by atoms with Crippen molar-refractivity contribution >= 4 is 22.9 Å². The fourth-order valence-electron chi connectivity index (χ4n) is 1.86. The van der Waals surface area contributed by atoms with E-state index >= 15 is 0 Å². The Morgan fingerprint density at radius 1 is 1.61 bits per heavy atom. The number of anilines is 1. The molecule has 2 heterocycles. The number of aromatic nitrogens is 1. The van der Waals surface area contributed by atoms with Gasteiger partial charge in [0.05, 0.1) is 11.7 Å². The second kappa shape index (κ2) is 5.27. The van der Waals surface area contributed by atoms with Gasteiger partial charge in [0.2, 0.25) is 0 Å². The number of rotatable bonds is 4. The van der Waals surface area contributed by atoms with E-state index in [4.69, 9.17) is 5.73 Å². The first-order chi connectivity index (χ1) is 8.61. The third-order valence-electron chi connectivity index (χ3n) is 2.81. The van der Waals surface area contributed by atoms with Crippen LogP contribution in [0.5, 0.6) is 0 Å². The number of carbonyl (C=O) groups is 1. The second-order valence-corrected chi connectivity index (χ2v) is 5.13. The number of carbonyl (C=O) groups excluding carboxylic acids is 1. The molecular formula is C13H17N3OS. The smallest absolute Gasteiger partial charge is 0.268 e. The lowest BCUT2D eigenvalue weighted by molar-refractivity contribution is 0.0931. The number of thiophene rings is 1. The molecule has 18 heavy (non-hydrogen) atoms. The van der Waals surface area contributed by atoms with Crippen LogP contribution in [-0.4, -0.2) is 10.5 Å². The minimum Gasteiger partial charge on any atom is -0.397 e. The van der Waals surface area contributed by atoms with Crippen molar-refractivity contribution in [1.82, 2.24) is 9.88 Å². The van der Waals surface area contributed by atoms with Gasteiger partial charge in [0.15, 0.2) is 0 Å². The van der Waals surface area contributed by atoms with Gasteiger partial charge in [-0.1, -0.05) is 6.07 Å². The number of nitrogens with zero attached hydrogens (tertiary/aromatic N) is 1. The molecule has 1 amide bonds. The van der Waals surface area contributed by atoms with Gasteiger partial charge in [0, 0.05) is 17.6 Å². The molecule has 2 aromatic heterocycles. The van der Waals surface area contributed by atoms with E-state index in [1.165, 1.54) is 0 Å². The molecule has 0 aliphatic rings. The van der Waals surface area contributed by atoms with Gasteiger partial charge in [-0.05, 0) is 31.4 Å². The zero-order valence-electron chi connectivity index (χ0n) is 10.5. The summed E-state index contributed by atoms with van der Waals surface area (Å²) < 4.78 is 1.85. The van der Waals surface area contributed by atoms with Crippen molar-refractivity contribution in [1.29, 1.82) is 0 Å². The summed E-state index contributed by atoms with van der Waals surface area (Å²) in [7, 11) is 0. The molecule has 0 radical (unpaired) electrons. The van der Waals surface area contributed by atoms with Crippen LogP contribution < -0.4 is 11.1 Å². The van der Waals surface area contributed by atoms with Crippen LogP contribution in [-0.2, 0) is 6.54 Å². The maximum Gasteiger partial charge on any atom is 0.268 e. The molecule has 2 rings (SSSR count). The van der Waals surface area contributed by atoms with Crippen molar-refractivity contribution in [3.8, 4) is 0 Å². The SMILES string of the molecule is CCn1cc(N)cc1C(=O)NC(C)c1cccs1. The highest BCUT2D eigenvalue weighted by atomic mass is 32.1. The van der Waals surface area contributed by atoms with Gasteiger partial charge in [0.25, 0.3) is 5.91 Å². The minimum absolute atomic E-state index is 0.0129. The Balaban J connectivity index is 2.12. The summed E-state index contributed by atoms with van der Waals surface area (Å²) in [4.78, 5) is 13.3. The fourth-order valence-corrected chi connectivity index (χ4v) is 2.60. The molecule has 1 atom stereocenters. The molecule has 0 saturated carbocycles. The summed E-state index contributed by atoms with van der Waals surface area (Å²) in [5.74, 6) is -0.0885. The lowest BCUT2D eigenvalue weighted by atomic mass is 10.2. The number of amides is 1. The van der Waals surface area contributed by atoms with Crippen LogP contribution in [0.1, 0.15) is 35.3 Å². The molecule has 0 aromatic carbocycles. The molecule has 3 N–H and O–H groups in total. The van der Waals surface area contributed by atoms with E-state index in [0.29, 0.717) is 11.4 Å². The Morgan fingerprint density at radius 3 is 3.00 bits per heavy atom. The van der Waals surface area contributed by atoms with Gasteiger partial charge >= 0.3 is 0 Å². The Bertz CT molecular complexity index is 530. The number of hydrogen-bond acceptors (Lipinski definition) is 3. The highest BCUT2D eigenvalue weighted by Gasteiger charge is 2.15. The quantitative estimate of drug-likeness (QED) is 0.891. The van der Waals surface area contributed by atoms with Crippen LogP contribution in [0, 0.1) is 0 Å². The highest BCUT2D eigenvalue weighted by molar-refractivity contribution is 7.10. The van der Waals surface area contributed by atoms with Crippen LogP contribution in [0.4, 0.5) is 5.69 Å². The van der Waals surface area contributed by atoms with E-state index in [9.17, 15) is 4.79 Å². The number of aryl methyl sites for hydroxylation is 1. The number of nitrogens with one attached hydrogen (secondary N) is 1. The molecule has 0 aliphatic heterocycles. The average molecular weight is 263 g/mol. The van der Waals surface area contributed by atoms with Crippen LogP contribution in [0.3, 0.4) is 0 Å². The first-order valence-corrected chi connectivity index (χ1v) is 6.79. The van der Waals surface area contributed by atoms with Gasteiger partial charge < -0.3 is 15.6 Å².